The van der Waals surface area contributed by atoms with Gasteiger partial charge in [-0.1, -0.05) is 25.1 Å². The van der Waals surface area contributed by atoms with Crippen molar-refractivity contribution < 1.29 is 18.3 Å². The Balaban J connectivity index is 1.81. The Hall–Kier alpha value is -3.72. The molecule has 2 heterocycles. The zero-order valence-corrected chi connectivity index (χ0v) is 18.6. The molecule has 9 heteroatoms. The zero-order chi connectivity index (χ0) is 23.0. The van der Waals surface area contributed by atoms with Gasteiger partial charge >= 0.3 is 0 Å². The lowest BCUT2D eigenvalue weighted by Crippen LogP contribution is -2.14. The normalized spacial score (nSPS) is 11.6. The topological polar surface area (TPSA) is 114 Å². The predicted octanol–water partition coefficient (Wildman–Crippen LogP) is 3.70. The SMILES string of the molecule is CCS(=O)(=O)c1ccc(O)c(NC(=O)c2cc(-c3cnn(C)c3C)nc3ccccc23)c1. The minimum atomic E-state index is -3.50. The van der Waals surface area contributed by atoms with E-state index in [4.69, 9.17) is 0 Å². The van der Waals surface area contributed by atoms with Gasteiger partial charge in [0.25, 0.3) is 5.91 Å². The van der Waals surface area contributed by atoms with E-state index >= 15 is 0 Å². The van der Waals surface area contributed by atoms with Crippen molar-refractivity contribution in [2.75, 3.05) is 11.1 Å². The number of carbonyl (C=O) groups is 1. The molecule has 4 aromatic rings. The molecule has 2 aromatic carbocycles. The van der Waals surface area contributed by atoms with Gasteiger partial charge in [0, 0.05) is 23.7 Å². The fraction of sp³-hybridized carbons (Fsp3) is 0.174. The number of anilines is 1. The summed E-state index contributed by atoms with van der Waals surface area (Å²) in [7, 11) is -1.67. The third-order valence-electron chi connectivity index (χ3n) is 5.43. The minimum Gasteiger partial charge on any atom is -0.506 e. The van der Waals surface area contributed by atoms with Crippen molar-refractivity contribution in [3.05, 3.63) is 66.0 Å². The number of amides is 1. The van der Waals surface area contributed by atoms with E-state index in [-0.39, 0.29) is 22.1 Å². The van der Waals surface area contributed by atoms with Crippen LogP contribution in [0.4, 0.5) is 5.69 Å². The number of phenols is 1. The lowest BCUT2D eigenvalue weighted by molar-refractivity contribution is 0.102. The van der Waals surface area contributed by atoms with Crippen LogP contribution in [0.3, 0.4) is 0 Å². The highest BCUT2D eigenvalue weighted by atomic mass is 32.2. The number of rotatable bonds is 5. The van der Waals surface area contributed by atoms with Crippen LogP contribution in [-0.2, 0) is 16.9 Å². The van der Waals surface area contributed by atoms with E-state index in [1.165, 1.54) is 25.1 Å². The fourth-order valence-electron chi connectivity index (χ4n) is 3.42. The molecular weight excluding hydrogens is 428 g/mol. The van der Waals surface area contributed by atoms with Crippen LogP contribution in [0.25, 0.3) is 22.2 Å². The standard InChI is InChI=1S/C23H22N4O4S/c1-4-32(30,31)15-9-10-22(28)21(11-15)26-23(29)17-12-20(18-13-24-27(3)14(18)2)25-19-8-6-5-7-16(17)19/h5-13,28H,4H2,1-3H3,(H,26,29). The number of hydrogen-bond donors (Lipinski definition) is 2. The van der Waals surface area contributed by atoms with Crippen molar-refractivity contribution in [3.8, 4) is 17.0 Å². The Morgan fingerprint density at radius 1 is 1.16 bits per heavy atom. The molecule has 0 saturated carbocycles. The Morgan fingerprint density at radius 3 is 2.59 bits per heavy atom. The van der Waals surface area contributed by atoms with Crippen LogP contribution in [0.1, 0.15) is 23.0 Å². The van der Waals surface area contributed by atoms with Gasteiger partial charge in [0.15, 0.2) is 9.84 Å². The van der Waals surface area contributed by atoms with Gasteiger partial charge in [0.05, 0.1) is 39.3 Å². The second kappa shape index (κ2) is 8.08. The predicted molar refractivity (Wildman–Crippen MR) is 122 cm³/mol. The maximum absolute atomic E-state index is 13.3. The number of hydrogen-bond acceptors (Lipinski definition) is 6. The van der Waals surface area contributed by atoms with Gasteiger partial charge in [-0.25, -0.2) is 13.4 Å². The molecule has 0 aliphatic carbocycles. The monoisotopic (exact) mass is 450 g/mol. The highest BCUT2D eigenvalue weighted by molar-refractivity contribution is 7.91. The molecule has 2 aromatic heterocycles. The number of sulfone groups is 1. The van der Waals surface area contributed by atoms with Crippen molar-refractivity contribution in [3.63, 3.8) is 0 Å². The number of aryl methyl sites for hydroxylation is 1. The molecule has 0 bridgehead atoms. The van der Waals surface area contributed by atoms with Crippen LogP contribution in [0, 0.1) is 6.92 Å². The van der Waals surface area contributed by atoms with Gasteiger partial charge in [-0.05, 0) is 37.3 Å². The van der Waals surface area contributed by atoms with Gasteiger partial charge in [0.2, 0.25) is 0 Å². The Labute approximate surface area is 185 Å². The molecular formula is C23H22N4O4S. The summed E-state index contributed by atoms with van der Waals surface area (Å²) in [4.78, 5) is 18.0. The van der Waals surface area contributed by atoms with Crippen molar-refractivity contribution in [2.45, 2.75) is 18.7 Å². The average molecular weight is 451 g/mol. The van der Waals surface area contributed by atoms with E-state index in [0.29, 0.717) is 22.2 Å². The van der Waals surface area contributed by atoms with E-state index in [1.807, 2.05) is 32.2 Å². The van der Waals surface area contributed by atoms with Crippen LogP contribution in [-0.4, -0.2) is 39.9 Å². The van der Waals surface area contributed by atoms with Crippen LogP contribution >= 0.6 is 0 Å². The summed E-state index contributed by atoms with van der Waals surface area (Å²) in [6.07, 6.45) is 1.69. The quantitative estimate of drug-likeness (QED) is 0.448. The first-order chi connectivity index (χ1) is 15.2. The molecule has 0 fully saturated rings. The molecule has 0 aliphatic rings. The van der Waals surface area contributed by atoms with Crippen LogP contribution in [0.2, 0.25) is 0 Å². The fourth-order valence-corrected chi connectivity index (χ4v) is 4.32. The first-order valence-corrected chi connectivity index (χ1v) is 11.6. The largest absolute Gasteiger partial charge is 0.506 e. The molecule has 0 atom stereocenters. The number of para-hydroxylation sites is 1. The molecule has 0 spiro atoms. The van der Waals surface area contributed by atoms with Gasteiger partial charge in [0.1, 0.15) is 5.75 Å². The number of nitrogens with zero attached hydrogens (tertiary/aromatic N) is 3. The smallest absolute Gasteiger partial charge is 0.256 e. The molecule has 8 nitrogen and oxygen atoms in total. The lowest BCUT2D eigenvalue weighted by atomic mass is 10.0. The van der Waals surface area contributed by atoms with E-state index in [0.717, 1.165) is 11.3 Å². The Bertz CT molecular complexity index is 1460. The Kier molecular flexibility index (Phi) is 5.43. The van der Waals surface area contributed by atoms with Crippen LogP contribution in [0.15, 0.2) is 59.6 Å². The third kappa shape index (κ3) is 3.82. The van der Waals surface area contributed by atoms with Gasteiger partial charge < -0.3 is 10.4 Å². The summed E-state index contributed by atoms with van der Waals surface area (Å²) in [6.45, 7) is 3.45. The number of aromatic hydroxyl groups is 1. The molecule has 164 valence electrons. The Morgan fingerprint density at radius 2 is 1.91 bits per heavy atom. The number of carbonyl (C=O) groups excluding carboxylic acids is 1. The van der Waals surface area contributed by atoms with Gasteiger partial charge in [-0.2, -0.15) is 5.10 Å². The van der Waals surface area contributed by atoms with Gasteiger partial charge in [-0.3, -0.25) is 9.48 Å². The molecule has 0 radical (unpaired) electrons. The maximum Gasteiger partial charge on any atom is 0.256 e. The van der Waals surface area contributed by atoms with Crippen molar-refractivity contribution in [2.24, 2.45) is 7.05 Å². The van der Waals surface area contributed by atoms with Crippen LogP contribution < -0.4 is 5.32 Å². The number of aromatic nitrogens is 3. The second-order valence-electron chi connectivity index (χ2n) is 7.38. The summed E-state index contributed by atoms with van der Waals surface area (Å²) < 4.78 is 26.2. The van der Waals surface area contributed by atoms with Crippen molar-refractivity contribution in [1.29, 1.82) is 0 Å². The molecule has 4 rings (SSSR count). The molecule has 32 heavy (non-hydrogen) atoms. The summed E-state index contributed by atoms with van der Waals surface area (Å²) in [6, 6.07) is 12.8. The third-order valence-corrected chi connectivity index (χ3v) is 7.16. The molecule has 2 N–H and O–H groups in total. The highest BCUT2D eigenvalue weighted by Crippen LogP contribution is 2.30. The number of benzene rings is 2. The van der Waals surface area contributed by atoms with E-state index < -0.39 is 15.7 Å². The number of fused-ring (bicyclic) bond motifs is 1. The number of phenolic OH excluding ortho intramolecular Hbond substituents is 1. The summed E-state index contributed by atoms with van der Waals surface area (Å²) in [5.74, 6) is -0.809. The lowest BCUT2D eigenvalue weighted by Gasteiger charge is -2.12. The highest BCUT2D eigenvalue weighted by Gasteiger charge is 2.19. The zero-order valence-electron chi connectivity index (χ0n) is 17.8. The first kappa shape index (κ1) is 21.5. The summed E-state index contributed by atoms with van der Waals surface area (Å²) in [5, 5.41) is 17.8. The van der Waals surface area contributed by atoms with E-state index in [9.17, 15) is 18.3 Å². The first-order valence-electron chi connectivity index (χ1n) is 9.97. The molecule has 1 amide bonds. The molecule has 0 aliphatic heterocycles. The number of pyridine rings is 1. The second-order valence-corrected chi connectivity index (χ2v) is 9.65. The van der Waals surface area contributed by atoms with Gasteiger partial charge in [-0.15, -0.1) is 0 Å². The summed E-state index contributed by atoms with van der Waals surface area (Å²) in [5.41, 5.74) is 3.28. The van der Waals surface area contributed by atoms with Crippen LogP contribution in [0.5, 0.6) is 5.75 Å². The van der Waals surface area contributed by atoms with E-state index in [2.05, 4.69) is 15.4 Å². The minimum absolute atomic E-state index is 0.0181. The maximum atomic E-state index is 13.3. The van der Waals surface area contributed by atoms with Crippen molar-refractivity contribution in [1.82, 2.24) is 14.8 Å². The average Bonchev–Trinajstić information content (AvgIpc) is 3.12. The number of nitrogens with one attached hydrogen (secondary N) is 1. The molecule has 0 unspecified atom stereocenters. The molecule has 0 saturated heterocycles. The van der Waals surface area contributed by atoms with Crippen molar-refractivity contribution >= 4 is 32.3 Å². The summed E-state index contributed by atoms with van der Waals surface area (Å²) >= 11 is 0. The van der Waals surface area contributed by atoms with E-state index in [1.54, 1.807) is 23.0 Å².